The zero-order valence-corrected chi connectivity index (χ0v) is 12.8. The van der Waals surface area contributed by atoms with Gasteiger partial charge in [-0.15, -0.1) is 0 Å². The van der Waals surface area contributed by atoms with Crippen molar-refractivity contribution in [1.29, 1.82) is 0 Å². The molecule has 0 atom stereocenters. The fourth-order valence-corrected chi connectivity index (χ4v) is 1.82. The second kappa shape index (κ2) is 7.26. The molecule has 0 spiro atoms. The highest BCUT2D eigenvalue weighted by Gasteiger charge is 2.29. The zero-order valence-electron chi connectivity index (χ0n) is 11.9. The number of amides is 1. The third kappa shape index (κ3) is 4.92. The Balaban J connectivity index is 1.86. The van der Waals surface area contributed by atoms with E-state index in [1.54, 1.807) is 0 Å². The van der Waals surface area contributed by atoms with E-state index < -0.39 is 23.5 Å². The van der Waals surface area contributed by atoms with Crippen molar-refractivity contribution in [3.05, 3.63) is 65.5 Å². The molecule has 2 aromatic rings. The molecule has 9 heteroatoms. The molecule has 0 aliphatic rings. The molecule has 24 heavy (non-hydrogen) atoms. The van der Waals surface area contributed by atoms with Crippen molar-refractivity contribution in [2.45, 2.75) is 6.18 Å². The lowest BCUT2D eigenvalue weighted by molar-refractivity contribution is -0.137. The largest absolute Gasteiger partial charge is 0.416 e. The van der Waals surface area contributed by atoms with Crippen molar-refractivity contribution in [3.8, 4) is 0 Å². The number of hydrazine groups is 1. The van der Waals surface area contributed by atoms with Gasteiger partial charge in [0.1, 0.15) is 5.82 Å². The number of alkyl halides is 3. The summed E-state index contributed by atoms with van der Waals surface area (Å²) >= 11 is 4.88. The molecular formula is C15H11F4N3OS. The molecule has 0 saturated heterocycles. The summed E-state index contributed by atoms with van der Waals surface area (Å²) in [7, 11) is 0. The van der Waals surface area contributed by atoms with Crippen LogP contribution in [0.1, 0.15) is 15.9 Å². The van der Waals surface area contributed by atoms with Gasteiger partial charge in [0.15, 0.2) is 5.11 Å². The first-order valence-electron chi connectivity index (χ1n) is 6.56. The second-order valence-corrected chi connectivity index (χ2v) is 5.02. The molecular weight excluding hydrogens is 346 g/mol. The predicted octanol–water partition coefficient (Wildman–Crippen LogP) is 3.48. The van der Waals surface area contributed by atoms with Crippen LogP contribution in [-0.2, 0) is 6.18 Å². The van der Waals surface area contributed by atoms with Crippen molar-refractivity contribution >= 4 is 28.9 Å². The second-order valence-electron chi connectivity index (χ2n) is 4.62. The molecule has 0 saturated carbocycles. The highest BCUT2D eigenvalue weighted by molar-refractivity contribution is 7.80. The number of nitrogens with one attached hydrogen (secondary N) is 3. The monoisotopic (exact) mass is 357 g/mol. The Kier molecular flexibility index (Phi) is 5.35. The summed E-state index contributed by atoms with van der Waals surface area (Å²) in [6.45, 7) is 0. The fourth-order valence-electron chi connectivity index (χ4n) is 1.68. The summed E-state index contributed by atoms with van der Waals surface area (Å²) < 4.78 is 50.1. The van der Waals surface area contributed by atoms with Gasteiger partial charge in [-0.1, -0.05) is 0 Å². The van der Waals surface area contributed by atoms with Gasteiger partial charge >= 0.3 is 6.18 Å². The third-order valence-electron chi connectivity index (χ3n) is 2.87. The quantitative estimate of drug-likeness (QED) is 0.447. The maximum atomic E-state index is 12.8. The smallest absolute Gasteiger partial charge is 0.299 e. The number of benzene rings is 2. The van der Waals surface area contributed by atoms with Gasteiger partial charge in [-0.2, -0.15) is 13.2 Å². The minimum atomic E-state index is -4.41. The fraction of sp³-hybridized carbons (Fsp3) is 0.0667. The number of carbonyl (C=O) groups excluding carboxylic acids is 1. The van der Waals surface area contributed by atoms with E-state index >= 15 is 0 Å². The standard InChI is InChI=1S/C15H11F4N3OS/c16-11-5-1-9(2-6-11)13(23)20-14(24)22-21-12-7-3-10(4-8-12)15(17,18)19/h1-8,21H,(H2,20,22,23,24). The Morgan fingerprint density at radius 2 is 1.54 bits per heavy atom. The molecule has 0 aliphatic carbocycles. The molecule has 1 amide bonds. The van der Waals surface area contributed by atoms with E-state index in [1.807, 2.05) is 0 Å². The van der Waals surface area contributed by atoms with Crippen LogP contribution < -0.4 is 16.2 Å². The van der Waals surface area contributed by atoms with Gasteiger partial charge in [0.25, 0.3) is 5.91 Å². The summed E-state index contributed by atoms with van der Waals surface area (Å²) in [6, 6.07) is 9.07. The third-order valence-corrected chi connectivity index (χ3v) is 3.07. The molecule has 0 radical (unpaired) electrons. The van der Waals surface area contributed by atoms with E-state index in [2.05, 4.69) is 16.2 Å². The van der Waals surface area contributed by atoms with Crippen LogP contribution in [0.3, 0.4) is 0 Å². The zero-order chi connectivity index (χ0) is 17.7. The van der Waals surface area contributed by atoms with E-state index in [0.29, 0.717) is 5.69 Å². The number of halogens is 4. The average Bonchev–Trinajstić information content (AvgIpc) is 2.53. The van der Waals surface area contributed by atoms with Crippen LogP contribution in [0.2, 0.25) is 0 Å². The number of hydrogen-bond acceptors (Lipinski definition) is 3. The van der Waals surface area contributed by atoms with E-state index in [4.69, 9.17) is 12.2 Å². The summed E-state index contributed by atoms with van der Waals surface area (Å²) in [4.78, 5) is 11.8. The number of thiocarbonyl (C=S) groups is 1. The first kappa shape index (κ1) is 17.7. The molecule has 0 aliphatic heterocycles. The van der Waals surface area contributed by atoms with Gasteiger partial charge in [-0.25, -0.2) is 4.39 Å². The molecule has 0 unspecified atom stereocenters. The van der Waals surface area contributed by atoms with Gasteiger partial charge in [0.05, 0.1) is 11.3 Å². The molecule has 2 aromatic carbocycles. The van der Waals surface area contributed by atoms with Crippen molar-refractivity contribution in [3.63, 3.8) is 0 Å². The van der Waals surface area contributed by atoms with Crippen molar-refractivity contribution in [1.82, 2.24) is 10.7 Å². The summed E-state index contributed by atoms with van der Waals surface area (Å²) in [5, 5.41) is 2.24. The van der Waals surface area contributed by atoms with Crippen LogP contribution >= 0.6 is 12.2 Å². The van der Waals surface area contributed by atoms with Gasteiger partial charge in [0, 0.05) is 5.56 Å². The van der Waals surface area contributed by atoms with Gasteiger partial charge in [-0.3, -0.25) is 21.0 Å². The van der Waals surface area contributed by atoms with Gasteiger partial charge in [0.2, 0.25) is 0 Å². The van der Waals surface area contributed by atoms with Crippen molar-refractivity contribution in [2.75, 3.05) is 5.43 Å². The molecule has 0 aromatic heterocycles. The summed E-state index contributed by atoms with van der Waals surface area (Å²) in [5.41, 5.74) is 4.77. The van der Waals surface area contributed by atoms with Crippen LogP contribution in [0, 0.1) is 5.82 Å². The number of hydrogen-bond donors (Lipinski definition) is 3. The molecule has 4 nitrogen and oxygen atoms in total. The lowest BCUT2D eigenvalue weighted by Crippen LogP contribution is -2.41. The van der Waals surface area contributed by atoms with E-state index in [-0.39, 0.29) is 10.7 Å². The van der Waals surface area contributed by atoms with Crippen molar-refractivity contribution in [2.24, 2.45) is 0 Å². The lowest BCUT2D eigenvalue weighted by atomic mass is 10.2. The Labute approximate surface area is 139 Å². The highest BCUT2D eigenvalue weighted by Crippen LogP contribution is 2.29. The molecule has 2 rings (SSSR count). The molecule has 126 valence electrons. The molecule has 0 heterocycles. The Morgan fingerprint density at radius 3 is 2.08 bits per heavy atom. The van der Waals surface area contributed by atoms with Gasteiger partial charge in [-0.05, 0) is 60.7 Å². The van der Waals surface area contributed by atoms with E-state index in [1.165, 1.54) is 24.3 Å². The summed E-state index contributed by atoms with van der Waals surface area (Å²) in [6.07, 6.45) is -4.41. The van der Waals surface area contributed by atoms with Crippen LogP contribution in [0.5, 0.6) is 0 Å². The van der Waals surface area contributed by atoms with Gasteiger partial charge < -0.3 is 0 Å². The van der Waals surface area contributed by atoms with Crippen molar-refractivity contribution < 1.29 is 22.4 Å². The minimum Gasteiger partial charge on any atom is -0.299 e. The molecule has 3 N–H and O–H groups in total. The Bertz CT molecular complexity index is 730. The topological polar surface area (TPSA) is 53.2 Å². The number of rotatable bonds is 3. The van der Waals surface area contributed by atoms with Crippen LogP contribution in [0.4, 0.5) is 23.2 Å². The van der Waals surface area contributed by atoms with Crippen LogP contribution in [0.25, 0.3) is 0 Å². The minimum absolute atomic E-state index is 0.0933. The SMILES string of the molecule is O=C(NC(=S)NNc1ccc(C(F)(F)F)cc1)c1ccc(F)cc1. The average molecular weight is 357 g/mol. The van der Waals surface area contributed by atoms with Crippen LogP contribution in [-0.4, -0.2) is 11.0 Å². The first-order valence-corrected chi connectivity index (χ1v) is 6.97. The molecule has 0 bridgehead atoms. The molecule has 0 fully saturated rings. The maximum Gasteiger partial charge on any atom is 0.416 e. The normalized spacial score (nSPS) is 10.8. The first-order chi connectivity index (χ1) is 11.3. The van der Waals surface area contributed by atoms with Crippen LogP contribution in [0.15, 0.2) is 48.5 Å². The maximum absolute atomic E-state index is 12.8. The van der Waals surface area contributed by atoms with E-state index in [0.717, 1.165) is 24.3 Å². The Morgan fingerprint density at radius 1 is 0.958 bits per heavy atom. The number of carbonyl (C=O) groups is 1. The number of anilines is 1. The van der Waals surface area contributed by atoms with E-state index in [9.17, 15) is 22.4 Å². The highest BCUT2D eigenvalue weighted by atomic mass is 32.1. The lowest BCUT2D eigenvalue weighted by Gasteiger charge is -2.12. The Hall–Kier alpha value is -2.68. The predicted molar refractivity (Wildman–Crippen MR) is 84.7 cm³/mol. The summed E-state index contributed by atoms with van der Waals surface area (Å²) in [5.74, 6) is -1.03.